The van der Waals surface area contributed by atoms with Crippen LogP contribution in [0, 0.1) is 5.92 Å². The zero-order valence-corrected chi connectivity index (χ0v) is 16.6. The van der Waals surface area contributed by atoms with Crippen LogP contribution in [0.15, 0.2) is 23.2 Å². The number of nitrogens with zero attached hydrogens (tertiary/aromatic N) is 1. The van der Waals surface area contributed by atoms with E-state index in [2.05, 4.69) is 29.5 Å². The van der Waals surface area contributed by atoms with Crippen LogP contribution in [-0.2, 0) is 11.3 Å². The third-order valence-electron chi connectivity index (χ3n) is 3.03. The molecule has 0 heterocycles. The minimum absolute atomic E-state index is 0. The van der Waals surface area contributed by atoms with Gasteiger partial charge in [-0.3, -0.25) is 4.99 Å². The van der Waals surface area contributed by atoms with E-state index in [1.807, 2.05) is 6.07 Å². The number of guanidine groups is 1. The van der Waals surface area contributed by atoms with Gasteiger partial charge in [0, 0.05) is 20.1 Å². The fourth-order valence-corrected chi connectivity index (χ4v) is 1.84. The predicted octanol–water partition coefficient (Wildman–Crippen LogP) is 2.42. The summed E-state index contributed by atoms with van der Waals surface area (Å²) in [4.78, 5) is 15.9. The SMILES string of the molecule is CN=C(NCc1ccc(OC)c(C(=O)OC)c1)NCC(C)C.I. The van der Waals surface area contributed by atoms with E-state index >= 15 is 0 Å². The second-order valence-electron chi connectivity index (χ2n) is 5.23. The normalized spacial score (nSPS) is 10.8. The Bertz CT molecular complexity index is 533. The van der Waals surface area contributed by atoms with Gasteiger partial charge in [0.2, 0.25) is 0 Å². The van der Waals surface area contributed by atoms with E-state index in [1.54, 1.807) is 19.2 Å². The second-order valence-corrected chi connectivity index (χ2v) is 5.23. The number of benzene rings is 1. The number of halogens is 1. The second kappa shape index (κ2) is 11.1. The van der Waals surface area contributed by atoms with Crippen LogP contribution >= 0.6 is 24.0 Å². The first kappa shape index (κ1) is 21.5. The summed E-state index contributed by atoms with van der Waals surface area (Å²) in [6.45, 7) is 5.65. The maximum atomic E-state index is 11.8. The molecule has 0 spiro atoms. The van der Waals surface area contributed by atoms with Gasteiger partial charge in [0.15, 0.2) is 5.96 Å². The number of carbonyl (C=O) groups is 1. The highest BCUT2D eigenvalue weighted by atomic mass is 127. The van der Waals surface area contributed by atoms with Gasteiger partial charge in [-0.25, -0.2) is 4.79 Å². The largest absolute Gasteiger partial charge is 0.496 e. The third kappa shape index (κ3) is 7.06. The number of aliphatic imine (C=N–C) groups is 1. The third-order valence-corrected chi connectivity index (χ3v) is 3.03. The van der Waals surface area contributed by atoms with Gasteiger partial charge in [-0.2, -0.15) is 0 Å². The predicted molar refractivity (Wildman–Crippen MR) is 103 cm³/mol. The number of hydrogen-bond acceptors (Lipinski definition) is 4. The quantitative estimate of drug-likeness (QED) is 0.311. The first-order valence-electron chi connectivity index (χ1n) is 7.21. The molecule has 0 saturated heterocycles. The lowest BCUT2D eigenvalue weighted by Gasteiger charge is -2.14. The Kier molecular flexibility index (Phi) is 10.4. The van der Waals surface area contributed by atoms with Gasteiger partial charge in [0.1, 0.15) is 11.3 Å². The van der Waals surface area contributed by atoms with Crippen molar-refractivity contribution >= 4 is 35.9 Å². The van der Waals surface area contributed by atoms with Crippen LogP contribution in [0.1, 0.15) is 29.8 Å². The fraction of sp³-hybridized carbons (Fsp3) is 0.500. The molecule has 0 aliphatic carbocycles. The Morgan fingerprint density at radius 1 is 1.26 bits per heavy atom. The molecule has 0 atom stereocenters. The highest BCUT2D eigenvalue weighted by Crippen LogP contribution is 2.20. The Balaban J connectivity index is 0.00000484. The van der Waals surface area contributed by atoms with Gasteiger partial charge in [-0.15, -0.1) is 24.0 Å². The van der Waals surface area contributed by atoms with Crippen molar-refractivity contribution in [1.82, 2.24) is 10.6 Å². The molecule has 1 rings (SSSR count). The molecule has 0 unspecified atom stereocenters. The molecule has 0 fully saturated rings. The van der Waals surface area contributed by atoms with Gasteiger partial charge < -0.3 is 20.1 Å². The topological polar surface area (TPSA) is 72.0 Å². The molecule has 6 nitrogen and oxygen atoms in total. The minimum Gasteiger partial charge on any atom is -0.496 e. The minimum atomic E-state index is -0.416. The lowest BCUT2D eigenvalue weighted by molar-refractivity contribution is 0.0597. The monoisotopic (exact) mass is 435 g/mol. The Hall–Kier alpha value is -1.51. The van der Waals surface area contributed by atoms with E-state index in [1.165, 1.54) is 14.2 Å². The fourth-order valence-electron chi connectivity index (χ4n) is 1.84. The highest BCUT2D eigenvalue weighted by molar-refractivity contribution is 14.0. The smallest absolute Gasteiger partial charge is 0.341 e. The Morgan fingerprint density at radius 2 is 1.96 bits per heavy atom. The van der Waals surface area contributed by atoms with Crippen LogP contribution in [0.25, 0.3) is 0 Å². The van der Waals surface area contributed by atoms with Gasteiger partial charge in [-0.1, -0.05) is 19.9 Å². The van der Waals surface area contributed by atoms with Crippen molar-refractivity contribution in [2.75, 3.05) is 27.8 Å². The summed E-state index contributed by atoms with van der Waals surface area (Å²) >= 11 is 0. The van der Waals surface area contributed by atoms with Crippen LogP contribution < -0.4 is 15.4 Å². The molecule has 0 saturated carbocycles. The highest BCUT2D eigenvalue weighted by Gasteiger charge is 2.13. The van der Waals surface area contributed by atoms with Crippen molar-refractivity contribution in [3.8, 4) is 5.75 Å². The molecule has 2 N–H and O–H groups in total. The van der Waals surface area contributed by atoms with Gasteiger partial charge in [0.25, 0.3) is 0 Å². The molecule has 130 valence electrons. The van der Waals surface area contributed by atoms with E-state index < -0.39 is 5.97 Å². The van der Waals surface area contributed by atoms with E-state index in [9.17, 15) is 4.79 Å². The van der Waals surface area contributed by atoms with Crippen molar-refractivity contribution in [2.24, 2.45) is 10.9 Å². The number of hydrogen-bond donors (Lipinski definition) is 2. The zero-order chi connectivity index (χ0) is 16.5. The molecule has 0 aliphatic rings. The lowest BCUT2D eigenvalue weighted by atomic mass is 10.1. The molecule has 0 aromatic heterocycles. The molecular weight excluding hydrogens is 409 g/mol. The van der Waals surface area contributed by atoms with Crippen molar-refractivity contribution in [3.63, 3.8) is 0 Å². The van der Waals surface area contributed by atoms with E-state index in [0.717, 1.165) is 18.1 Å². The standard InChI is InChI=1S/C16H25N3O3.HI/c1-11(2)9-18-16(17-3)19-10-12-6-7-14(21-4)13(8-12)15(20)22-5;/h6-8,11H,9-10H2,1-5H3,(H2,17,18,19);1H. The van der Waals surface area contributed by atoms with Crippen molar-refractivity contribution in [1.29, 1.82) is 0 Å². The summed E-state index contributed by atoms with van der Waals surface area (Å²) in [5, 5.41) is 6.44. The zero-order valence-electron chi connectivity index (χ0n) is 14.3. The number of carbonyl (C=O) groups excluding carboxylic acids is 1. The van der Waals surface area contributed by atoms with Crippen molar-refractivity contribution in [3.05, 3.63) is 29.3 Å². The van der Waals surface area contributed by atoms with E-state index in [4.69, 9.17) is 9.47 Å². The average molecular weight is 435 g/mol. The first-order valence-corrected chi connectivity index (χ1v) is 7.21. The molecule has 7 heteroatoms. The molecule has 0 radical (unpaired) electrons. The molecule has 1 aromatic rings. The summed E-state index contributed by atoms with van der Waals surface area (Å²) in [7, 11) is 4.60. The van der Waals surface area contributed by atoms with Crippen LogP contribution in [0.5, 0.6) is 5.75 Å². The van der Waals surface area contributed by atoms with Crippen molar-refractivity contribution in [2.45, 2.75) is 20.4 Å². The van der Waals surface area contributed by atoms with E-state index in [-0.39, 0.29) is 24.0 Å². The van der Waals surface area contributed by atoms with Crippen molar-refractivity contribution < 1.29 is 14.3 Å². The van der Waals surface area contributed by atoms with Gasteiger partial charge >= 0.3 is 5.97 Å². The Labute approximate surface area is 155 Å². The molecule has 0 aliphatic heterocycles. The Morgan fingerprint density at radius 3 is 2.48 bits per heavy atom. The van der Waals surface area contributed by atoms with Crippen LogP contribution in [0.3, 0.4) is 0 Å². The maximum Gasteiger partial charge on any atom is 0.341 e. The summed E-state index contributed by atoms with van der Waals surface area (Å²) in [5.41, 5.74) is 1.35. The number of nitrogens with one attached hydrogen (secondary N) is 2. The maximum absolute atomic E-state index is 11.8. The summed E-state index contributed by atoms with van der Waals surface area (Å²) in [6, 6.07) is 5.41. The number of rotatable bonds is 6. The molecule has 0 amide bonds. The van der Waals surface area contributed by atoms with Gasteiger partial charge in [0.05, 0.1) is 14.2 Å². The number of ether oxygens (including phenoxy) is 2. The number of methoxy groups -OCH3 is 2. The average Bonchev–Trinajstić information content (AvgIpc) is 2.53. The molecule has 0 bridgehead atoms. The summed E-state index contributed by atoms with van der Waals surface area (Å²) < 4.78 is 9.95. The van der Waals surface area contributed by atoms with E-state index in [0.29, 0.717) is 23.8 Å². The van der Waals surface area contributed by atoms with Gasteiger partial charge in [-0.05, 0) is 23.6 Å². The molecule has 1 aromatic carbocycles. The summed E-state index contributed by atoms with van der Waals surface area (Å²) in [5.74, 6) is 1.34. The lowest BCUT2D eigenvalue weighted by Crippen LogP contribution is -2.38. The summed E-state index contributed by atoms with van der Waals surface area (Å²) in [6.07, 6.45) is 0. The number of esters is 1. The first-order chi connectivity index (χ1) is 10.5. The van der Waals surface area contributed by atoms with Crippen LogP contribution in [0.2, 0.25) is 0 Å². The van der Waals surface area contributed by atoms with Crippen LogP contribution in [0.4, 0.5) is 0 Å². The molecular formula is C16H26IN3O3. The van der Waals surface area contributed by atoms with Crippen LogP contribution in [-0.4, -0.2) is 39.7 Å². The molecule has 23 heavy (non-hydrogen) atoms.